The molecule has 0 aromatic heterocycles. The van der Waals surface area contributed by atoms with Gasteiger partial charge in [-0.2, -0.15) is 0 Å². The zero-order valence-corrected chi connectivity index (χ0v) is 16.2. The zero-order valence-electron chi connectivity index (χ0n) is 16.2. The molecule has 1 aliphatic rings. The summed E-state index contributed by atoms with van der Waals surface area (Å²) in [5.74, 6) is 0.476. The van der Waals surface area contributed by atoms with E-state index in [1.165, 1.54) is 23.1 Å². The fraction of sp³-hybridized carbons (Fsp3) is 0.269. The third kappa shape index (κ3) is 4.51. The summed E-state index contributed by atoms with van der Waals surface area (Å²) in [6.45, 7) is 0. The van der Waals surface area contributed by atoms with E-state index in [1.807, 2.05) is 24.3 Å². The molecule has 0 spiro atoms. The summed E-state index contributed by atoms with van der Waals surface area (Å²) in [7, 11) is 0. The van der Waals surface area contributed by atoms with Crippen molar-refractivity contribution in [3.8, 4) is 0 Å². The molecule has 142 valence electrons. The average molecular weight is 370 g/mol. The van der Waals surface area contributed by atoms with Gasteiger partial charge < -0.3 is 5.32 Å². The number of hydrogen-bond donors (Lipinski definition) is 1. The van der Waals surface area contributed by atoms with Gasteiger partial charge in [-0.1, -0.05) is 84.9 Å². The van der Waals surface area contributed by atoms with Crippen LogP contribution < -0.4 is 5.32 Å². The van der Waals surface area contributed by atoms with Crippen LogP contribution in [0.1, 0.15) is 53.5 Å². The predicted octanol–water partition coefficient (Wildman–Crippen LogP) is 5.60. The number of benzene rings is 3. The number of hydrogen-bond acceptors (Lipinski definition) is 1. The molecule has 1 N–H and O–H groups in total. The molecule has 0 heterocycles. The van der Waals surface area contributed by atoms with E-state index >= 15 is 0 Å². The number of rotatable bonds is 6. The fourth-order valence-corrected chi connectivity index (χ4v) is 4.33. The van der Waals surface area contributed by atoms with Crippen molar-refractivity contribution in [1.29, 1.82) is 0 Å². The highest BCUT2D eigenvalue weighted by Gasteiger charge is 2.24. The Kier molecular flexibility index (Phi) is 5.86. The van der Waals surface area contributed by atoms with E-state index in [9.17, 15) is 4.79 Å². The van der Waals surface area contributed by atoms with Crippen molar-refractivity contribution in [2.45, 2.75) is 44.1 Å². The molecule has 3 aromatic rings. The van der Waals surface area contributed by atoms with Gasteiger partial charge in [0.2, 0.25) is 5.91 Å². The van der Waals surface area contributed by atoms with Gasteiger partial charge >= 0.3 is 0 Å². The van der Waals surface area contributed by atoms with Gasteiger partial charge in [0, 0.05) is 6.42 Å². The van der Waals surface area contributed by atoms with Crippen molar-refractivity contribution in [2.24, 2.45) is 0 Å². The second kappa shape index (κ2) is 8.88. The number of amides is 1. The van der Waals surface area contributed by atoms with Crippen LogP contribution in [-0.2, 0) is 17.6 Å². The lowest BCUT2D eigenvalue weighted by Crippen LogP contribution is -2.31. The van der Waals surface area contributed by atoms with E-state index in [0.717, 1.165) is 24.8 Å². The maximum atomic E-state index is 13.0. The van der Waals surface area contributed by atoms with Gasteiger partial charge in [0.15, 0.2) is 0 Å². The highest BCUT2D eigenvalue weighted by molar-refractivity contribution is 5.77. The van der Waals surface area contributed by atoms with Crippen molar-refractivity contribution >= 4 is 5.91 Å². The van der Waals surface area contributed by atoms with Crippen molar-refractivity contribution in [1.82, 2.24) is 5.32 Å². The molecule has 0 bridgehead atoms. The van der Waals surface area contributed by atoms with Crippen molar-refractivity contribution in [3.63, 3.8) is 0 Å². The van der Waals surface area contributed by atoms with Crippen LogP contribution >= 0.6 is 0 Å². The van der Waals surface area contributed by atoms with Crippen LogP contribution in [0.3, 0.4) is 0 Å². The average Bonchev–Trinajstić information content (AvgIpc) is 2.75. The van der Waals surface area contributed by atoms with Crippen LogP contribution in [0.5, 0.6) is 0 Å². The third-order valence-corrected chi connectivity index (χ3v) is 5.75. The summed E-state index contributed by atoms with van der Waals surface area (Å²) in [5.41, 5.74) is 5.17. The molecular weight excluding hydrogens is 342 g/mol. The summed E-state index contributed by atoms with van der Waals surface area (Å²) < 4.78 is 0. The van der Waals surface area contributed by atoms with E-state index < -0.39 is 0 Å². The summed E-state index contributed by atoms with van der Waals surface area (Å²) in [6, 6.07) is 29.3. The molecular formula is C26H27NO. The highest BCUT2D eigenvalue weighted by atomic mass is 16.1. The maximum Gasteiger partial charge on any atom is 0.221 e. The Morgan fingerprint density at radius 3 is 2.36 bits per heavy atom. The molecule has 1 aliphatic carbocycles. The molecule has 3 aromatic carbocycles. The minimum Gasteiger partial charge on any atom is -0.349 e. The molecule has 2 unspecified atom stereocenters. The summed E-state index contributed by atoms with van der Waals surface area (Å²) >= 11 is 0. The van der Waals surface area contributed by atoms with Crippen molar-refractivity contribution in [2.75, 3.05) is 0 Å². The van der Waals surface area contributed by atoms with Gasteiger partial charge in [-0.25, -0.2) is 0 Å². The SMILES string of the molecule is O=C(CC1CCCc2ccccc21)NC(Cc1ccccc1)c1ccccc1. The van der Waals surface area contributed by atoms with E-state index in [1.54, 1.807) is 0 Å². The molecule has 0 aliphatic heterocycles. The van der Waals surface area contributed by atoms with E-state index in [2.05, 4.69) is 66.0 Å². The second-order valence-corrected chi connectivity index (χ2v) is 7.71. The minimum atomic E-state index is -0.00469. The van der Waals surface area contributed by atoms with Crippen molar-refractivity contribution in [3.05, 3.63) is 107 Å². The monoisotopic (exact) mass is 369 g/mol. The normalized spacial score (nSPS) is 16.8. The first kappa shape index (κ1) is 18.5. The second-order valence-electron chi connectivity index (χ2n) is 7.71. The topological polar surface area (TPSA) is 29.1 Å². The summed E-state index contributed by atoms with van der Waals surface area (Å²) in [4.78, 5) is 13.0. The van der Waals surface area contributed by atoms with Crippen LogP contribution in [-0.4, -0.2) is 5.91 Å². The Balaban J connectivity index is 1.48. The first-order valence-electron chi connectivity index (χ1n) is 10.3. The number of fused-ring (bicyclic) bond motifs is 1. The maximum absolute atomic E-state index is 13.0. The van der Waals surface area contributed by atoms with Gasteiger partial charge in [0.1, 0.15) is 0 Å². The van der Waals surface area contributed by atoms with Gasteiger partial charge in [-0.3, -0.25) is 4.79 Å². The van der Waals surface area contributed by atoms with Gasteiger partial charge in [0.25, 0.3) is 0 Å². The molecule has 0 radical (unpaired) electrons. The van der Waals surface area contributed by atoms with Crippen LogP contribution in [0.15, 0.2) is 84.9 Å². The molecule has 2 nitrogen and oxygen atoms in total. The van der Waals surface area contributed by atoms with E-state index in [0.29, 0.717) is 12.3 Å². The quantitative estimate of drug-likeness (QED) is 0.602. The van der Waals surface area contributed by atoms with Crippen LogP contribution in [0.25, 0.3) is 0 Å². The molecule has 1 amide bonds. The number of aryl methyl sites for hydroxylation is 1. The lowest BCUT2D eigenvalue weighted by atomic mass is 9.81. The zero-order chi connectivity index (χ0) is 19.2. The fourth-order valence-electron chi connectivity index (χ4n) is 4.33. The lowest BCUT2D eigenvalue weighted by molar-refractivity contribution is -0.122. The Morgan fingerprint density at radius 2 is 1.57 bits per heavy atom. The van der Waals surface area contributed by atoms with E-state index in [-0.39, 0.29) is 11.9 Å². The van der Waals surface area contributed by atoms with Crippen LogP contribution in [0, 0.1) is 0 Å². The van der Waals surface area contributed by atoms with Gasteiger partial charge in [-0.15, -0.1) is 0 Å². The molecule has 4 rings (SSSR count). The van der Waals surface area contributed by atoms with Gasteiger partial charge in [-0.05, 0) is 53.9 Å². The Hall–Kier alpha value is -2.87. The minimum absolute atomic E-state index is 0.00469. The van der Waals surface area contributed by atoms with Crippen LogP contribution in [0.2, 0.25) is 0 Å². The largest absolute Gasteiger partial charge is 0.349 e. The summed E-state index contributed by atoms with van der Waals surface area (Å²) in [6.07, 6.45) is 4.77. The Bertz CT molecular complexity index is 904. The van der Waals surface area contributed by atoms with E-state index in [4.69, 9.17) is 0 Å². The number of carbonyl (C=O) groups is 1. The molecule has 0 saturated carbocycles. The molecule has 2 atom stereocenters. The third-order valence-electron chi connectivity index (χ3n) is 5.75. The predicted molar refractivity (Wildman–Crippen MR) is 114 cm³/mol. The molecule has 28 heavy (non-hydrogen) atoms. The van der Waals surface area contributed by atoms with Crippen molar-refractivity contribution < 1.29 is 4.79 Å². The molecule has 0 saturated heterocycles. The lowest BCUT2D eigenvalue weighted by Gasteiger charge is -2.26. The number of nitrogens with one attached hydrogen (secondary N) is 1. The molecule has 0 fully saturated rings. The smallest absolute Gasteiger partial charge is 0.221 e. The summed E-state index contributed by atoms with van der Waals surface area (Å²) in [5, 5.41) is 3.32. The van der Waals surface area contributed by atoms with Crippen LogP contribution in [0.4, 0.5) is 0 Å². The van der Waals surface area contributed by atoms with Gasteiger partial charge in [0.05, 0.1) is 6.04 Å². The first-order chi connectivity index (χ1) is 13.8. The Labute approximate surface area is 167 Å². The number of carbonyl (C=O) groups excluding carboxylic acids is 1. The Morgan fingerprint density at radius 1 is 0.893 bits per heavy atom. The first-order valence-corrected chi connectivity index (χ1v) is 10.3. The standard InChI is InChI=1S/C26H27NO/c28-26(19-23-16-9-15-21-12-7-8-17-24(21)23)27-25(22-13-5-2-6-14-22)18-20-10-3-1-4-11-20/h1-8,10-14,17,23,25H,9,15-16,18-19H2,(H,27,28). The highest BCUT2D eigenvalue weighted by Crippen LogP contribution is 2.34. The molecule has 2 heteroatoms.